The van der Waals surface area contributed by atoms with Crippen molar-refractivity contribution in [3.63, 3.8) is 0 Å². The highest BCUT2D eigenvalue weighted by Gasteiger charge is 2.41. The largest absolute Gasteiger partial charge is 0.480 e. The number of rotatable bonds is 5. The van der Waals surface area contributed by atoms with Crippen molar-refractivity contribution in [1.29, 1.82) is 0 Å². The smallest absolute Gasteiger partial charge is 0.329 e. The van der Waals surface area contributed by atoms with Crippen LogP contribution in [0.4, 0.5) is 0 Å². The van der Waals surface area contributed by atoms with E-state index in [-0.39, 0.29) is 37.3 Å². The SMILES string of the molecule is O=C(CCn1ccccc1=O)NC1(C(=O)O)CCOCC1. The summed E-state index contributed by atoms with van der Waals surface area (Å²) in [7, 11) is 0. The molecular weight excluding hydrogens is 276 g/mol. The first-order valence-corrected chi connectivity index (χ1v) is 6.81. The Balaban J connectivity index is 1.95. The third-order valence-electron chi connectivity index (χ3n) is 3.61. The van der Waals surface area contributed by atoms with Crippen LogP contribution in [0.5, 0.6) is 0 Å². The molecule has 0 atom stereocenters. The molecule has 7 heteroatoms. The summed E-state index contributed by atoms with van der Waals surface area (Å²) >= 11 is 0. The Hall–Kier alpha value is -2.15. The van der Waals surface area contributed by atoms with Crippen molar-refractivity contribution in [3.8, 4) is 0 Å². The number of carboxylic acid groups (broad SMARTS) is 1. The van der Waals surface area contributed by atoms with E-state index in [2.05, 4.69) is 5.32 Å². The number of carbonyl (C=O) groups excluding carboxylic acids is 1. The number of carbonyl (C=O) groups is 2. The predicted octanol–water partition coefficient (Wildman–Crippen LogP) is -0.0116. The van der Waals surface area contributed by atoms with E-state index in [0.29, 0.717) is 13.2 Å². The van der Waals surface area contributed by atoms with Gasteiger partial charge in [-0.1, -0.05) is 6.07 Å². The molecule has 0 bridgehead atoms. The lowest BCUT2D eigenvalue weighted by molar-refractivity contribution is -0.152. The molecule has 0 spiro atoms. The van der Waals surface area contributed by atoms with Crippen LogP contribution in [0.3, 0.4) is 0 Å². The van der Waals surface area contributed by atoms with Crippen LogP contribution in [-0.4, -0.2) is 40.3 Å². The maximum Gasteiger partial charge on any atom is 0.329 e. The molecule has 1 aliphatic heterocycles. The van der Waals surface area contributed by atoms with Crippen molar-refractivity contribution in [2.75, 3.05) is 13.2 Å². The van der Waals surface area contributed by atoms with Crippen LogP contribution in [0.15, 0.2) is 29.2 Å². The summed E-state index contributed by atoms with van der Waals surface area (Å²) in [6.45, 7) is 0.840. The Morgan fingerprint density at radius 3 is 2.67 bits per heavy atom. The Morgan fingerprint density at radius 1 is 1.33 bits per heavy atom. The van der Waals surface area contributed by atoms with E-state index in [4.69, 9.17) is 4.74 Å². The zero-order valence-corrected chi connectivity index (χ0v) is 11.6. The first kappa shape index (κ1) is 15.2. The molecule has 114 valence electrons. The van der Waals surface area contributed by atoms with E-state index < -0.39 is 11.5 Å². The molecule has 0 aliphatic carbocycles. The number of aliphatic carboxylic acids is 1. The van der Waals surface area contributed by atoms with Crippen molar-refractivity contribution in [2.45, 2.75) is 31.3 Å². The number of pyridine rings is 1. The molecule has 21 heavy (non-hydrogen) atoms. The van der Waals surface area contributed by atoms with Gasteiger partial charge in [0, 0.05) is 51.3 Å². The van der Waals surface area contributed by atoms with Crippen molar-refractivity contribution in [1.82, 2.24) is 9.88 Å². The molecule has 1 aromatic heterocycles. The van der Waals surface area contributed by atoms with E-state index in [1.54, 1.807) is 18.3 Å². The average Bonchev–Trinajstić information content (AvgIpc) is 2.47. The molecule has 7 nitrogen and oxygen atoms in total. The van der Waals surface area contributed by atoms with Gasteiger partial charge >= 0.3 is 5.97 Å². The van der Waals surface area contributed by atoms with Gasteiger partial charge in [0.2, 0.25) is 5.91 Å². The second-order valence-electron chi connectivity index (χ2n) is 5.03. The lowest BCUT2D eigenvalue weighted by Crippen LogP contribution is -2.57. The summed E-state index contributed by atoms with van der Waals surface area (Å²) in [6, 6.07) is 4.74. The van der Waals surface area contributed by atoms with E-state index >= 15 is 0 Å². The van der Waals surface area contributed by atoms with Gasteiger partial charge in [-0.3, -0.25) is 9.59 Å². The molecule has 1 aliphatic rings. The van der Waals surface area contributed by atoms with Crippen molar-refractivity contribution in [2.24, 2.45) is 0 Å². The zero-order valence-electron chi connectivity index (χ0n) is 11.6. The van der Waals surface area contributed by atoms with Crippen molar-refractivity contribution < 1.29 is 19.4 Å². The van der Waals surface area contributed by atoms with Gasteiger partial charge in [-0.05, 0) is 6.07 Å². The normalized spacial score (nSPS) is 17.1. The highest BCUT2D eigenvalue weighted by Crippen LogP contribution is 2.21. The molecule has 0 unspecified atom stereocenters. The third kappa shape index (κ3) is 3.69. The average molecular weight is 294 g/mol. The Morgan fingerprint density at radius 2 is 2.05 bits per heavy atom. The second-order valence-corrected chi connectivity index (χ2v) is 5.03. The van der Waals surface area contributed by atoms with Gasteiger partial charge in [0.1, 0.15) is 5.54 Å². The highest BCUT2D eigenvalue weighted by atomic mass is 16.5. The first-order valence-electron chi connectivity index (χ1n) is 6.81. The van der Waals surface area contributed by atoms with E-state index in [9.17, 15) is 19.5 Å². The summed E-state index contributed by atoms with van der Waals surface area (Å²) in [5.41, 5.74) is -1.44. The summed E-state index contributed by atoms with van der Waals surface area (Å²) < 4.78 is 6.56. The molecule has 0 saturated carbocycles. The van der Waals surface area contributed by atoms with Gasteiger partial charge in [0.25, 0.3) is 5.56 Å². The van der Waals surface area contributed by atoms with Crippen LogP contribution in [0, 0.1) is 0 Å². The molecular formula is C14H18N2O5. The minimum absolute atomic E-state index is 0.0554. The molecule has 2 N–H and O–H groups in total. The molecule has 0 aromatic carbocycles. The minimum atomic E-state index is -1.25. The minimum Gasteiger partial charge on any atom is -0.480 e. The van der Waals surface area contributed by atoms with Gasteiger partial charge in [0.05, 0.1) is 0 Å². The van der Waals surface area contributed by atoms with Gasteiger partial charge in [-0.2, -0.15) is 0 Å². The number of aromatic nitrogens is 1. The maximum absolute atomic E-state index is 12.0. The lowest BCUT2D eigenvalue weighted by Gasteiger charge is -2.33. The number of hydrogen-bond donors (Lipinski definition) is 2. The number of aryl methyl sites for hydroxylation is 1. The zero-order chi connectivity index (χ0) is 15.3. The molecule has 1 amide bonds. The summed E-state index contributed by atoms with van der Waals surface area (Å²) in [4.78, 5) is 34.9. The standard InChI is InChI=1S/C14H18N2O5/c17-11(4-8-16-7-2-1-3-12(16)18)15-14(13(19)20)5-9-21-10-6-14/h1-3,7H,4-6,8-10H2,(H,15,17)(H,19,20). The quantitative estimate of drug-likeness (QED) is 0.796. The summed E-state index contributed by atoms with van der Waals surface area (Å²) in [5.74, 6) is -1.42. The van der Waals surface area contributed by atoms with E-state index in [1.165, 1.54) is 10.6 Å². The number of nitrogens with zero attached hydrogens (tertiary/aromatic N) is 1. The summed E-state index contributed by atoms with van der Waals surface area (Å²) in [6.07, 6.45) is 2.15. The topological polar surface area (TPSA) is 97.6 Å². The fraction of sp³-hybridized carbons (Fsp3) is 0.500. The maximum atomic E-state index is 12.0. The number of ether oxygens (including phenoxy) is 1. The molecule has 2 rings (SSSR count). The van der Waals surface area contributed by atoms with Crippen LogP contribution in [0.2, 0.25) is 0 Å². The van der Waals surface area contributed by atoms with Crippen molar-refractivity contribution >= 4 is 11.9 Å². The molecule has 2 heterocycles. The summed E-state index contributed by atoms with van der Waals surface area (Å²) in [5, 5.41) is 11.9. The Bertz CT molecular complexity index is 575. The Kier molecular flexibility index (Phi) is 4.74. The molecule has 1 aromatic rings. The predicted molar refractivity (Wildman–Crippen MR) is 73.9 cm³/mol. The van der Waals surface area contributed by atoms with Gasteiger partial charge in [-0.15, -0.1) is 0 Å². The van der Waals surface area contributed by atoms with Gasteiger partial charge in [0.15, 0.2) is 0 Å². The number of carboxylic acids is 1. The first-order chi connectivity index (χ1) is 10.0. The van der Waals surface area contributed by atoms with E-state index in [1.807, 2.05) is 0 Å². The number of amides is 1. The molecule has 1 saturated heterocycles. The van der Waals surface area contributed by atoms with Crippen LogP contribution >= 0.6 is 0 Å². The van der Waals surface area contributed by atoms with Crippen LogP contribution < -0.4 is 10.9 Å². The van der Waals surface area contributed by atoms with Crippen molar-refractivity contribution in [3.05, 3.63) is 34.7 Å². The fourth-order valence-corrected chi connectivity index (χ4v) is 2.31. The molecule has 0 radical (unpaired) electrons. The lowest BCUT2D eigenvalue weighted by atomic mass is 9.90. The van der Waals surface area contributed by atoms with Crippen LogP contribution in [-0.2, 0) is 20.9 Å². The molecule has 1 fully saturated rings. The monoisotopic (exact) mass is 294 g/mol. The number of nitrogens with one attached hydrogen (secondary N) is 1. The number of hydrogen-bond acceptors (Lipinski definition) is 4. The Labute approximate surface area is 121 Å². The van der Waals surface area contributed by atoms with E-state index in [0.717, 1.165) is 0 Å². The van der Waals surface area contributed by atoms with Crippen LogP contribution in [0.25, 0.3) is 0 Å². The second kappa shape index (κ2) is 6.53. The fourth-order valence-electron chi connectivity index (χ4n) is 2.31. The highest BCUT2D eigenvalue weighted by molar-refractivity contribution is 5.87. The van der Waals surface area contributed by atoms with Gasteiger partial charge < -0.3 is 19.7 Å². The van der Waals surface area contributed by atoms with Gasteiger partial charge in [-0.25, -0.2) is 4.79 Å². The van der Waals surface area contributed by atoms with Crippen LogP contribution in [0.1, 0.15) is 19.3 Å². The third-order valence-corrected chi connectivity index (χ3v) is 3.61.